The lowest BCUT2D eigenvalue weighted by Gasteiger charge is -2.21. The van der Waals surface area contributed by atoms with E-state index in [4.69, 9.17) is 9.73 Å². The van der Waals surface area contributed by atoms with E-state index in [0.29, 0.717) is 0 Å². The van der Waals surface area contributed by atoms with Gasteiger partial charge in [0.2, 0.25) is 0 Å². The van der Waals surface area contributed by atoms with Gasteiger partial charge in [0.15, 0.2) is 5.96 Å². The molecule has 0 unspecified atom stereocenters. The first-order chi connectivity index (χ1) is 10.1. The van der Waals surface area contributed by atoms with E-state index in [2.05, 4.69) is 48.9 Å². The van der Waals surface area contributed by atoms with Gasteiger partial charge in [-0.25, -0.2) is 0 Å². The third-order valence-electron chi connectivity index (χ3n) is 3.13. The van der Waals surface area contributed by atoms with Gasteiger partial charge in [0, 0.05) is 36.6 Å². The summed E-state index contributed by atoms with van der Waals surface area (Å²) in [6.45, 7) is 12.7. The Bertz CT molecular complexity index is 402. The maximum absolute atomic E-state index is 5.34. The quantitative estimate of drug-likeness (QED) is 0.419. The molecule has 0 spiro atoms. The average molecular weight is 311 g/mol. The first-order valence-electron chi connectivity index (χ1n) is 7.74. The predicted octanol–water partition coefficient (Wildman–Crippen LogP) is 3.01. The van der Waals surface area contributed by atoms with Crippen molar-refractivity contribution in [3.05, 3.63) is 22.4 Å². The van der Waals surface area contributed by atoms with Crippen molar-refractivity contribution in [1.82, 2.24) is 10.6 Å². The Hall–Kier alpha value is -1.07. The van der Waals surface area contributed by atoms with E-state index in [1.807, 2.05) is 6.92 Å². The third kappa shape index (κ3) is 6.96. The van der Waals surface area contributed by atoms with Crippen LogP contribution in [0.3, 0.4) is 0 Å². The molecule has 0 aliphatic rings. The Morgan fingerprint density at radius 2 is 2.14 bits per heavy atom. The van der Waals surface area contributed by atoms with Crippen LogP contribution in [0, 0.1) is 0 Å². The monoisotopic (exact) mass is 311 g/mol. The molecule has 0 saturated heterocycles. The van der Waals surface area contributed by atoms with Crippen LogP contribution < -0.4 is 10.6 Å². The molecule has 0 aromatic carbocycles. The van der Waals surface area contributed by atoms with Gasteiger partial charge in [-0.15, -0.1) is 11.3 Å². The highest BCUT2D eigenvalue weighted by molar-refractivity contribution is 7.10. The van der Waals surface area contributed by atoms with Crippen molar-refractivity contribution < 1.29 is 4.74 Å². The minimum Gasteiger partial charge on any atom is -0.382 e. The number of aliphatic imine (C=N–C) groups is 1. The smallest absolute Gasteiger partial charge is 0.191 e. The van der Waals surface area contributed by atoms with E-state index in [9.17, 15) is 0 Å². The molecule has 4 nitrogen and oxygen atoms in total. The summed E-state index contributed by atoms with van der Waals surface area (Å²) in [5.41, 5.74) is 0.0713. The van der Waals surface area contributed by atoms with E-state index in [1.54, 1.807) is 11.3 Å². The molecule has 1 aromatic rings. The van der Waals surface area contributed by atoms with Crippen LogP contribution in [-0.4, -0.2) is 38.8 Å². The van der Waals surface area contributed by atoms with Gasteiger partial charge in [0.05, 0.1) is 6.54 Å². The van der Waals surface area contributed by atoms with Crippen molar-refractivity contribution in [2.75, 3.05) is 32.8 Å². The topological polar surface area (TPSA) is 45.7 Å². The summed E-state index contributed by atoms with van der Waals surface area (Å²) < 4.78 is 5.34. The zero-order valence-electron chi connectivity index (χ0n) is 13.7. The summed E-state index contributed by atoms with van der Waals surface area (Å²) in [4.78, 5) is 6.09. The van der Waals surface area contributed by atoms with Gasteiger partial charge < -0.3 is 15.4 Å². The Labute approximate surface area is 133 Å². The summed E-state index contributed by atoms with van der Waals surface area (Å²) in [5.74, 6) is 0.888. The van der Waals surface area contributed by atoms with Gasteiger partial charge in [-0.05, 0) is 31.7 Å². The number of nitrogens with zero attached hydrogens (tertiary/aromatic N) is 1. The van der Waals surface area contributed by atoms with Crippen molar-refractivity contribution in [3.63, 3.8) is 0 Å². The number of thiophene rings is 1. The zero-order valence-corrected chi connectivity index (χ0v) is 14.6. The second-order valence-electron chi connectivity index (χ2n) is 5.53. The first kappa shape index (κ1) is 18.0. The van der Waals surface area contributed by atoms with E-state index in [-0.39, 0.29) is 5.41 Å². The van der Waals surface area contributed by atoms with Gasteiger partial charge in [-0.2, -0.15) is 0 Å². The van der Waals surface area contributed by atoms with Crippen LogP contribution in [0.5, 0.6) is 0 Å². The molecule has 1 aromatic heterocycles. The molecule has 1 rings (SSSR count). The molecule has 0 aliphatic heterocycles. The largest absolute Gasteiger partial charge is 0.382 e. The Morgan fingerprint density at radius 3 is 2.76 bits per heavy atom. The van der Waals surface area contributed by atoms with Gasteiger partial charge >= 0.3 is 0 Å². The molecule has 5 heteroatoms. The molecule has 0 bridgehead atoms. The Balaban J connectivity index is 2.47. The lowest BCUT2D eigenvalue weighted by Crippen LogP contribution is -2.39. The molecule has 2 N–H and O–H groups in total. The van der Waals surface area contributed by atoms with Crippen LogP contribution in [0.2, 0.25) is 0 Å². The normalized spacial score (nSPS) is 12.5. The fourth-order valence-electron chi connectivity index (χ4n) is 1.89. The van der Waals surface area contributed by atoms with E-state index < -0.39 is 0 Å². The van der Waals surface area contributed by atoms with Crippen LogP contribution in [-0.2, 0) is 10.2 Å². The van der Waals surface area contributed by atoms with Gasteiger partial charge in [-0.1, -0.05) is 19.9 Å². The second kappa shape index (κ2) is 9.79. The molecular weight excluding hydrogens is 282 g/mol. The minimum atomic E-state index is 0.0713. The summed E-state index contributed by atoms with van der Waals surface area (Å²) in [5, 5.41) is 8.78. The fraction of sp³-hybridized carbons (Fsp3) is 0.688. The summed E-state index contributed by atoms with van der Waals surface area (Å²) in [7, 11) is 0. The molecule has 0 radical (unpaired) electrons. The summed E-state index contributed by atoms with van der Waals surface area (Å²) in [6.07, 6.45) is 0.993. The third-order valence-corrected chi connectivity index (χ3v) is 4.36. The number of guanidine groups is 1. The standard InChI is InChI=1S/C16H29N3OS/c1-5-17-15(18-10-8-11-20-6-2)19-13-16(3,4)14-9-7-12-21-14/h7,9,12H,5-6,8,10-11,13H2,1-4H3,(H2,17,18,19). The maximum atomic E-state index is 5.34. The molecule has 0 fully saturated rings. The lowest BCUT2D eigenvalue weighted by molar-refractivity contribution is 0.145. The second-order valence-corrected chi connectivity index (χ2v) is 6.48. The minimum absolute atomic E-state index is 0.0713. The van der Waals surface area contributed by atoms with Crippen molar-refractivity contribution in [2.45, 2.75) is 39.5 Å². The molecule has 21 heavy (non-hydrogen) atoms. The zero-order chi connectivity index (χ0) is 15.6. The number of hydrogen-bond donors (Lipinski definition) is 2. The SMILES string of the molecule is CCNC(=NCC(C)(C)c1cccs1)NCCCOCC. The number of rotatable bonds is 9. The number of hydrogen-bond acceptors (Lipinski definition) is 3. The lowest BCUT2D eigenvalue weighted by atomic mass is 9.92. The summed E-state index contributed by atoms with van der Waals surface area (Å²) >= 11 is 1.80. The highest BCUT2D eigenvalue weighted by Crippen LogP contribution is 2.27. The van der Waals surface area contributed by atoms with E-state index in [1.165, 1.54) is 4.88 Å². The van der Waals surface area contributed by atoms with Crippen molar-refractivity contribution >= 4 is 17.3 Å². The highest BCUT2D eigenvalue weighted by atomic mass is 32.1. The van der Waals surface area contributed by atoms with Crippen molar-refractivity contribution in [1.29, 1.82) is 0 Å². The molecular formula is C16H29N3OS. The van der Waals surface area contributed by atoms with Crippen molar-refractivity contribution in [2.24, 2.45) is 4.99 Å². The molecule has 0 amide bonds. The molecule has 120 valence electrons. The van der Waals surface area contributed by atoms with Crippen LogP contribution in [0.15, 0.2) is 22.5 Å². The number of nitrogens with one attached hydrogen (secondary N) is 2. The van der Waals surface area contributed by atoms with E-state index >= 15 is 0 Å². The fourth-order valence-corrected chi connectivity index (χ4v) is 2.73. The predicted molar refractivity (Wildman–Crippen MR) is 92.4 cm³/mol. The first-order valence-corrected chi connectivity index (χ1v) is 8.62. The Morgan fingerprint density at radius 1 is 1.33 bits per heavy atom. The molecule has 1 heterocycles. The van der Waals surface area contributed by atoms with Gasteiger partial charge in [0.1, 0.15) is 0 Å². The maximum Gasteiger partial charge on any atom is 0.191 e. The molecule has 0 saturated carbocycles. The van der Waals surface area contributed by atoms with Gasteiger partial charge in [0.25, 0.3) is 0 Å². The van der Waals surface area contributed by atoms with Crippen molar-refractivity contribution in [3.8, 4) is 0 Å². The van der Waals surface area contributed by atoms with Crippen LogP contribution in [0.1, 0.15) is 39.0 Å². The van der Waals surface area contributed by atoms with Crippen LogP contribution in [0.25, 0.3) is 0 Å². The molecule has 0 atom stereocenters. The summed E-state index contributed by atoms with van der Waals surface area (Å²) in [6, 6.07) is 4.28. The Kier molecular flexibility index (Phi) is 8.38. The van der Waals surface area contributed by atoms with Crippen LogP contribution in [0.4, 0.5) is 0 Å². The number of ether oxygens (including phenoxy) is 1. The highest BCUT2D eigenvalue weighted by Gasteiger charge is 2.21. The van der Waals surface area contributed by atoms with E-state index in [0.717, 1.165) is 45.2 Å². The molecule has 0 aliphatic carbocycles. The average Bonchev–Trinajstić information content (AvgIpc) is 2.99. The van der Waals surface area contributed by atoms with Crippen LogP contribution >= 0.6 is 11.3 Å². The van der Waals surface area contributed by atoms with Gasteiger partial charge in [-0.3, -0.25) is 4.99 Å².